The summed E-state index contributed by atoms with van der Waals surface area (Å²) in [4.78, 5) is 11.8. The number of anilines is 2. The lowest BCUT2D eigenvalue weighted by Gasteiger charge is -2.09. The Kier molecular flexibility index (Phi) is 6.56. The SMILES string of the molecule is Cc1cc(NNS(C)(=O)=O)nc(NNS(C)(=O)=O)n1.[Cl-]. The molecule has 0 aromatic carbocycles. The fourth-order valence-corrected chi connectivity index (χ4v) is 1.54. The van der Waals surface area contributed by atoms with Crippen molar-refractivity contribution >= 4 is 31.8 Å². The first-order valence-electron chi connectivity index (χ1n) is 4.86. The Morgan fingerprint density at radius 3 is 1.95 bits per heavy atom. The van der Waals surface area contributed by atoms with E-state index in [0.717, 1.165) is 12.5 Å². The highest BCUT2D eigenvalue weighted by Gasteiger charge is 2.06. The van der Waals surface area contributed by atoms with Gasteiger partial charge >= 0.3 is 0 Å². The molecule has 0 aliphatic carbocycles. The van der Waals surface area contributed by atoms with Gasteiger partial charge in [-0.05, 0) is 6.92 Å². The monoisotopic (exact) mass is 345 g/mol. The van der Waals surface area contributed by atoms with Gasteiger partial charge in [0.25, 0.3) is 0 Å². The largest absolute Gasteiger partial charge is 1.00 e. The smallest absolute Gasteiger partial charge is 0.240 e. The van der Waals surface area contributed by atoms with Crippen molar-refractivity contribution in [2.24, 2.45) is 0 Å². The second-order valence-corrected chi connectivity index (χ2v) is 7.21. The average Bonchev–Trinajstić information content (AvgIpc) is 2.21. The van der Waals surface area contributed by atoms with Gasteiger partial charge < -0.3 is 12.4 Å². The van der Waals surface area contributed by atoms with Crippen LogP contribution in [0.3, 0.4) is 0 Å². The number of nitrogens with one attached hydrogen (secondary N) is 4. The third kappa shape index (κ3) is 8.06. The molecule has 4 N–H and O–H groups in total. The van der Waals surface area contributed by atoms with Crippen LogP contribution >= 0.6 is 0 Å². The molecule has 116 valence electrons. The second-order valence-electron chi connectivity index (χ2n) is 3.72. The van der Waals surface area contributed by atoms with Crippen LogP contribution in [0.1, 0.15) is 5.69 Å². The minimum Gasteiger partial charge on any atom is -1.00 e. The zero-order chi connectivity index (χ0) is 14.7. The maximum Gasteiger partial charge on any atom is 0.240 e. The van der Waals surface area contributed by atoms with Crippen molar-refractivity contribution in [3.8, 4) is 0 Å². The summed E-state index contributed by atoms with van der Waals surface area (Å²) in [7, 11) is -6.89. The van der Waals surface area contributed by atoms with Crippen LogP contribution in [0.25, 0.3) is 0 Å². The predicted octanol–water partition coefficient (Wildman–Crippen LogP) is -4.46. The van der Waals surface area contributed by atoms with Crippen molar-refractivity contribution < 1.29 is 29.2 Å². The van der Waals surface area contributed by atoms with Gasteiger partial charge in [0.05, 0.1) is 12.5 Å². The molecule has 13 heteroatoms. The molecule has 1 aromatic heterocycles. The third-order valence-corrected chi connectivity index (χ3v) is 2.51. The van der Waals surface area contributed by atoms with Crippen molar-refractivity contribution in [1.29, 1.82) is 0 Å². The fourth-order valence-electron chi connectivity index (χ4n) is 0.972. The van der Waals surface area contributed by atoms with Crippen LogP contribution in [-0.4, -0.2) is 39.3 Å². The van der Waals surface area contributed by atoms with E-state index >= 15 is 0 Å². The van der Waals surface area contributed by atoms with Gasteiger partial charge in [0.2, 0.25) is 26.0 Å². The summed E-state index contributed by atoms with van der Waals surface area (Å²) in [5.74, 6) is 0.138. The lowest BCUT2D eigenvalue weighted by Crippen LogP contribution is -3.00. The molecule has 0 bridgehead atoms. The minimum atomic E-state index is -3.46. The van der Waals surface area contributed by atoms with E-state index in [2.05, 4.69) is 20.8 Å². The van der Waals surface area contributed by atoms with Crippen LogP contribution in [0.5, 0.6) is 0 Å². The molecule has 0 atom stereocenters. The maximum atomic E-state index is 10.9. The van der Waals surface area contributed by atoms with Gasteiger partial charge in [-0.2, -0.15) is 4.98 Å². The Balaban J connectivity index is 0.00000361. The average molecular weight is 346 g/mol. The van der Waals surface area contributed by atoms with Gasteiger partial charge in [0.15, 0.2) is 0 Å². The molecular formula is C7H14ClN6O4S2-. The van der Waals surface area contributed by atoms with E-state index in [1.807, 2.05) is 9.66 Å². The molecule has 1 rings (SSSR count). The normalized spacial score (nSPS) is 11.6. The van der Waals surface area contributed by atoms with Crippen LogP contribution in [0.15, 0.2) is 6.07 Å². The van der Waals surface area contributed by atoms with E-state index < -0.39 is 20.0 Å². The maximum absolute atomic E-state index is 10.9. The number of aromatic nitrogens is 2. The summed E-state index contributed by atoms with van der Waals surface area (Å²) in [5.41, 5.74) is 5.15. The summed E-state index contributed by atoms with van der Waals surface area (Å²) in [6, 6.07) is 1.48. The third-order valence-electron chi connectivity index (χ3n) is 1.57. The first kappa shape index (κ1) is 18.8. The van der Waals surface area contributed by atoms with Gasteiger partial charge in [0, 0.05) is 11.8 Å². The molecule has 0 saturated carbocycles. The molecule has 0 amide bonds. The molecule has 0 saturated heterocycles. The highest BCUT2D eigenvalue weighted by Crippen LogP contribution is 2.08. The molecule has 0 fully saturated rings. The summed E-state index contributed by atoms with van der Waals surface area (Å²) in [6.45, 7) is 1.64. The van der Waals surface area contributed by atoms with Gasteiger partial charge in [-0.15, -0.1) is 9.66 Å². The van der Waals surface area contributed by atoms with E-state index in [1.165, 1.54) is 6.07 Å². The summed E-state index contributed by atoms with van der Waals surface area (Å²) >= 11 is 0. The summed E-state index contributed by atoms with van der Waals surface area (Å²) in [6.07, 6.45) is 1.93. The van der Waals surface area contributed by atoms with E-state index in [-0.39, 0.29) is 24.2 Å². The lowest BCUT2D eigenvalue weighted by atomic mass is 10.4. The molecule has 0 spiro atoms. The number of halogens is 1. The summed E-state index contributed by atoms with van der Waals surface area (Å²) < 4.78 is 43.6. The van der Waals surface area contributed by atoms with Gasteiger partial charge in [-0.25, -0.2) is 21.8 Å². The van der Waals surface area contributed by atoms with Gasteiger partial charge in [-0.1, -0.05) is 0 Å². The van der Waals surface area contributed by atoms with Gasteiger partial charge in [0.1, 0.15) is 5.82 Å². The van der Waals surface area contributed by atoms with Crippen molar-refractivity contribution in [3.05, 3.63) is 11.8 Å². The number of rotatable bonds is 6. The van der Waals surface area contributed by atoms with Crippen molar-refractivity contribution in [2.45, 2.75) is 6.92 Å². The first-order valence-corrected chi connectivity index (χ1v) is 8.65. The lowest BCUT2D eigenvalue weighted by molar-refractivity contribution is -0.00000949. The van der Waals surface area contributed by atoms with Crippen LogP contribution in [0.4, 0.5) is 11.8 Å². The highest BCUT2D eigenvalue weighted by atomic mass is 35.5. The topological polar surface area (TPSA) is 142 Å². The molecule has 0 unspecified atom stereocenters. The van der Waals surface area contributed by atoms with Crippen LogP contribution in [0, 0.1) is 6.92 Å². The van der Waals surface area contributed by atoms with Crippen molar-refractivity contribution in [1.82, 2.24) is 19.6 Å². The molecule has 0 radical (unpaired) electrons. The number of hydrogen-bond acceptors (Lipinski definition) is 8. The second kappa shape index (κ2) is 6.99. The fraction of sp³-hybridized carbons (Fsp3) is 0.429. The van der Waals surface area contributed by atoms with Crippen LogP contribution in [0.2, 0.25) is 0 Å². The highest BCUT2D eigenvalue weighted by molar-refractivity contribution is 7.89. The molecule has 10 nitrogen and oxygen atoms in total. The number of aryl methyl sites for hydroxylation is 1. The summed E-state index contributed by atoms with van der Waals surface area (Å²) in [5, 5.41) is 0. The van der Waals surface area contributed by atoms with Crippen molar-refractivity contribution in [2.75, 3.05) is 23.4 Å². The Labute approximate surface area is 123 Å². The molecule has 20 heavy (non-hydrogen) atoms. The molecular weight excluding hydrogens is 332 g/mol. The molecule has 0 aliphatic rings. The minimum absolute atomic E-state index is 0. The molecule has 0 aliphatic heterocycles. The predicted molar refractivity (Wildman–Crippen MR) is 70.0 cm³/mol. The van der Waals surface area contributed by atoms with Crippen LogP contribution < -0.4 is 32.9 Å². The van der Waals surface area contributed by atoms with E-state index in [0.29, 0.717) is 5.69 Å². The number of nitrogens with zero attached hydrogens (tertiary/aromatic N) is 2. The van der Waals surface area contributed by atoms with E-state index in [9.17, 15) is 16.8 Å². The Bertz CT molecular complexity index is 608. The van der Waals surface area contributed by atoms with E-state index in [4.69, 9.17) is 0 Å². The number of hydrazine groups is 2. The zero-order valence-electron chi connectivity index (χ0n) is 10.8. The molecule has 1 heterocycles. The Morgan fingerprint density at radius 1 is 0.950 bits per heavy atom. The van der Waals surface area contributed by atoms with Crippen molar-refractivity contribution in [3.63, 3.8) is 0 Å². The standard InChI is InChI=1S/C7H14N6O4S2.ClH/c1-5-4-6(10-12-18(2,14)15)9-7(8-5)11-13-19(3,16)17;/h4,12-13H,1-3H3,(H2,8,9,10,11);1H/p-1. The Hall–Kier alpha value is -1.21. The zero-order valence-corrected chi connectivity index (χ0v) is 13.2. The number of sulfonamides is 2. The number of hydrogen-bond donors (Lipinski definition) is 4. The molecule has 1 aromatic rings. The van der Waals surface area contributed by atoms with Crippen LogP contribution in [-0.2, 0) is 20.0 Å². The quantitative estimate of drug-likeness (QED) is 0.378. The Morgan fingerprint density at radius 2 is 1.45 bits per heavy atom. The first-order chi connectivity index (χ1) is 8.55. The van der Waals surface area contributed by atoms with Gasteiger partial charge in [-0.3, -0.25) is 10.9 Å². The van der Waals surface area contributed by atoms with E-state index in [1.54, 1.807) is 6.92 Å².